The molecule has 0 radical (unpaired) electrons. The summed E-state index contributed by atoms with van der Waals surface area (Å²) in [6.45, 7) is 2.12. The number of aromatic nitrogens is 4. The van der Waals surface area contributed by atoms with Gasteiger partial charge in [0.25, 0.3) is 5.91 Å². The van der Waals surface area contributed by atoms with Crippen LogP contribution in [0.15, 0.2) is 48.7 Å². The number of carbonyl (C=O) groups excluding carboxylic acids is 1. The number of morpholine rings is 1. The van der Waals surface area contributed by atoms with Gasteiger partial charge in [0, 0.05) is 19.3 Å². The van der Waals surface area contributed by atoms with Crippen molar-refractivity contribution < 1.29 is 9.53 Å². The van der Waals surface area contributed by atoms with Crippen molar-refractivity contribution in [3.63, 3.8) is 0 Å². The molecule has 5 rings (SSSR count). The predicted molar refractivity (Wildman–Crippen MR) is 112 cm³/mol. The Hall–Kier alpha value is -3.16. The van der Waals surface area contributed by atoms with Gasteiger partial charge in [0.2, 0.25) is 0 Å². The van der Waals surface area contributed by atoms with E-state index in [1.54, 1.807) is 11.0 Å². The maximum Gasteiger partial charge on any atom is 0.257 e. The number of imidazole rings is 2. The van der Waals surface area contributed by atoms with Crippen molar-refractivity contribution in [1.82, 2.24) is 24.3 Å². The predicted octanol–water partition coefficient (Wildman–Crippen LogP) is 3.26. The molecule has 1 aliphatic rings. The van der Waals surface area contributed by atoms with Crippen LogP contribution < -0.4 is 0 Å². The number of para-hydroxylation sites is 2. The second kappa shape index (κ2) is 7.35. The van der Waals surface area contributed by atoms with Crippen molar-refractivity contribution >= 4 is 45.8 Å². The maximum absolute atomic E-state index is 13.4. The zero-order valence-electron chi connectivity index (χ0n) is 15.5. The summed E-state index contributed by atoms with van der Waals surface area (Å²) in [5.74, 6) is 0.388. The van der Waals surface area contributed by atoms with Crippen molar-refractivity contribution in [3.8, 4) is 0 Å². The number of amides is 1. The van der Waals surface area contributed by atoms with Gasteiger partial charge in [-0.1, -0.05) is 29.8 Å². The highest BCUT2D eigenvalue weighted by atomic mass is 35.5. The molecule has 1 aromatic carbocycles. The van der Waals surface area contributed by atoms with E-state index in [1.165, 1.54) is 0 Å². The van der Waals surface area contributed by atoms with Crippen LogP contribution in [0.25, 0.3) is 28.3 Å². The molecule has 0 aliphatic carbocycles. The number of ether oxygens (including phenoxy) is 1. The van der Waals surface area contributed by atoms with E-state index in [9.17, 15) is 4.79 Å². The van der Waals surface area contributed by atoms with E-state index >= 15 is 0 Å². The molecule has 0 saturated carbocycles. The first-order valence-electron chi connectivity index (χ1n) is 9.37. The third-order valence-corrected chi connectivity index (χ3v) is 5.25. The number of nitrogens with one attached hydrogen (secondary N) is 1. The van der Waals surface area contributed by atoms with E-state index in [0.717, 1.165) is 11.0 Å². The Bertz CT molecular complexity index is 1200. The summed E-state index contributed by atoms with van der Waals surface area (Å²) in [5.41, 5.74) is 3.46. The zero-order chi connectivity index (χ0) is 19.8. The number of benzene rings is 1. The minimum atomic E-state index is -0.116. The highest BCUT2D eigenvalue weighted by Gasteiger charge is 2.25. The van der Waals surface area contributed by atoms with Gasteiger partial charge in [0.05, 0.1) is 35.5 Å². The summed E-state index contributed by atoms with van der Waals surface area (Å²) in [4.78, 5) is 27.5. The fourth-order valence-corrected chi connectivity index (χ4v) is 3.73. The summed E-state index contributed by atoms with van der Waals surface area (Å²) in [6, 6.07) is 13.4. The lowest BCUT2D eigenvalue weighted by Gasteiger charge is -2.27. The highest BCUT2D eigenvalue weighted by molar-refractivity contribution is 6.32. The zero-order valence-corrected chi connectivity index (χ0v) is 16.3. The number of carbonyl (C=O) groups is 1. The van der Waals surface area contributed by atoms with Gasteiger partial charge in [0.15, 0.2) is 5.15 Å². The molecular formula is C21H18ClN5O2. The molecule has 8 heteroatoms. The number of aromatic amines is 1. The SMILES string of the molecule is O=C(C(=Cc1c(Cl)nc2ccccn12)c1nc2ccccc2[nH]1)N1CCOCC1. The Morgan fingerprint density at radius 3 is 2.72 bits per heavy atom. The molecule has 1 N–H and O–H groups in total. The van der Waals surface area contributed by atoms with E-state index in [-0.39, 0.29) is 5.91 Å². The number of pyridine rings is 1. The summed E-state index contributed by atoms with van der Waals surface area (Å²) < 4.78 is 7.25. The minimum absolute atomic E-state index is 0.116. The smallest absolute Gasteiger partial charge is 0.257 e. The van der Waals surface area contributed by atoms with Crippen LogP contribution >= 0.6 is 11.6 Å². The molecule has 0 spiro atoms. The number of fused-ring (bicyclic) bond motifs is 2. The van der Waals surface area contributed by atoms with E-state index in [0.29, 0.717) is 54.2 Å². The van der Waals surface area contributed by atoms with Crippen LogP contribution in [-0.4, -0.2) is 56.5 Å². The highest BCUT2D eigenvalue weighted by Crippen LogP contribution is 2.26. The largest absolute Gasteiger partial charge is 0.378 e. The van der Waals surface area contributed by atoms with Gasteiger partial charge in [-0.05, 0) is 30.3 Å². The molecule has 1 amide bonds. The quantitative estimate of drug-likeness (QED) is 0.529. The molecule has 3 aromatic heterocycles. The molecule has 1 fully saturated rings. The summed E-state index contributed by atoms with van der Waals surface area (Å²) in [6.07, 6.45) is 3.63. The van der Waals surface area contributed by atoms with Gasteiger partial charge in [0.1, 0.15) is 11.5 Å². The summed E-state index contributed by atoms with van der Waals surface area (Å²) >= 11 is 6.42. The number of halogens is 1. The van der Waals surface area contributed by atoms with E-state index in [1.807, 2.05) is 53.1 Å². The third kappa shape index (κ3) is 3.28. The van der Waals surface area contributed by atoms with Gasteiger partial charge < -0.3 is 14.6 Å². The van der Waals surface area contributed by atoms with Crippen LogP contribution in [0.4, 0.5) is 0 Å². The Morgan fingerprint density at radius 2 is 1.90 bits per heavy atom. The molecule has 0 atom stereocenters. The first-order chi connectivity index (χ1) is 14.2. The van der Waals surface area contributed by atoms with E-state index in [4.69, 9.17) is 16.3 Å². The average molecular weight is 408 g/mol. The lowest BCUT2D eigenvalue weighted by molar-refractivity contribution is -0.128. The Morgan fingerprint density at radius 1 is 1.10 bits per heavy atom. The molecular weight excluding hydrogens is 390 g/mol. The standard InChI is InChI=1S/C21H18ClN5O2/c22-19-17(27-8-4-3-7-18(27)25-19)13-14(21(28)26-9-11-29-12-10-26)20-23-15-5-1-2-6-16(15)24-20/h1-8,13H,9-12H2,(H,23,24). The molecule has 0 unspecified atom stereocenters. The van der Waals surface area contributed by atoms with Crippen molar-refractivity contribution in [3.05, 3.63) is 65.3 Å². The van der Waals surface area contributed by atoms with Crippen molar-refractivity contribution in [2.75, 3.05) is 26.3 Å². The van der Waals surface area contributed by atoms with Gasteiger partial charge in [-0.25, -0.2) is 9.97 Å². The summed E-state index contributed by atoms with van der Waals surface area (Å²) in [5, 5.41) is 0.333. The Balaban J connectivity index is 1.67. The molecule has 0 bridgehead atoms. The first-order valence-corrected chi connectivity index (χ1v) is 9.75. The van der Waals surface area contributed by atoms with Gasteiger partial charge in [-0.3, -0.25) is 9.20 Å². The van der Waals surface area contributed by atoms with Crippen LogP contribution in [0.5, 0.6) is 0 Å². The molecule has 1 saturated heterocycles. The van der Waals surface area contributed by atoms with Crippen LogP contribution in [0.3, 0.4) is 0 Å². The van der Waals surface area contributed by atoms with E-state index in [2.05, 4.69) is 15.0 Å². The van der Waals surface area contributed by atoms with Crippen molar-refractivity contribution in [2.24, 2.45) is 0 Å². The van der Waals surface area contributed by atoms with Crippen molar-refractivity contribution in [2.45, 2.75) is 0 Å². The topological polar surface area (TPSA) is 75.5 Å². The number of nitrogens with zero attached hydrogens (tertiary/aromatic N) is 4. The number of hydrogen-bond acceptors (Lipinski definition) is 4. The van der Waals surface area contributed by atoms with Gasteiger partial charge in [-0.2, -0.15) is 0 Å². The van der Waals surface area contributed by atoms with Gasteiger partial charge in [-0.15, -0.1) is 0 Å². The third-order valence-electron chi connectivity index (χ3n) is 4.98. The first kappa shape index (κ1) is 17.9. The fourth-order valence-electron chi connectivity index (χ4n) is 3.50. The maximum atomic E-state index is 13.4. The summed E-state index contributed by atoms with van der Waals surface area (Å²) in [7, 11) is 0. The van der Waals surface area contributed by atoms with E-state index < -0.39 is 0 Å². The molecule has 1 aliphatic heterocycles. The molecule has 4 aromatic rings. The Kier molecular flexibility index (Phi) is 4.54. The lowest BCUT2D eigenvalue weighted by atomic mass is 10.1. The van der Waals surface area contributed by atoms with Crippen LogP contribution in [0.1, 0.15) is 11.5 Å². The number of hydrogen-bond donors (Lipinski definition) is 1. The second-order valence-corrected chi connectivity index (χ2v) is 7.14. The van der Waals surface area contributed by atoms with Crippen molar-refractivity contribution in [1.29, 1.82) is 0 Å². The lowest BCUT2D eigenvalue weighted by Crippen LogP contribution is -2.41. The Labute approximate surface area is 171 Å². The monoisotopic (exact) mass is 407 g/mol. The molecule has 146 valence electrons. The van der Waals surface area contributed by atoms with Crippen LogP contribution in [0, 0.1) is 0 Å². The fraction of sp³-hybridized carbons (Fsp3) is 0.190. The number of H-pyrrole nitrogens is 1. The average Bonchev–Trinajstić information content (AvgIpc) is 3.32. The van der Waals surface area contributed by atoms with Gasteiger partial charge >= 0.3 is 0 Å². The minimum Gasteiger partial charge on any atom is -0.378 e. The van der Waals surface area contributed by atoms with Crippen LogP contribution in [-0.2, 0) is 9.53 Å². The molecule has 4 heterocycles. The molecule has 29 heavy (non-hydrogen) atoms. The molecule has 7 nitrogen and oxygen atoms in total. The second-order valence-electron chi connectivity index (χ2n) is 6.78. The number of rotatable bonds is 3. The normalized spacial score (nSPS) is 15.3. The van der Waals surface area contributed by atoms with Crippen LogP contribution in [0.2, 0.25) is 5.15 Å².